The van der Waals surface area contributed by atoms with E-state index in [4.69, 9.17) is 5.73 Å². The van der Waals surface area contributed by atoms with Crippen LogP contribution < -0.4 is 11.2 Å². The highest BCUT2D eigenvalue weighted by Crippen LogP contribution is 2.16. The summed E-state index contributed by atoms with van der Waals surface area (Å²) in [6.07, 6.45) is 4.26. The maximum Gasteiger partial charge on any atom is 0.205 e. The van der Waals surface area contributed by atoms with Crippen LogP contribution in [0.1, 0.15) is 30.9 Å². The molecule has 0 unspecified atom stereocenters. The maximum absolute atomic E-state index is 5.57. The molecule has 1 aromatic carbocycles. The quantitative estimate of drug-likeness (QED) is 0.578. The third-order valence-corrected chi connectivity index (χ3v) is 3.96. The molecule has 118 valence electrons. The summed E-state index contributed by atoms with van der Waals surface area (Å²) in [4.78, 5) is 6.44. The van der Waals surface area contributed by atoms with Crippen LogP contribution in [-0.4, -0.2) is 29.7 Å². The Morgan fingerprint density at radius 2 is 2.32 bits per heavy atom. The van der Waals surface area contributed by atoms with E-state index in [2.05, 4.69) is 52.6 Å². The molecule has 0 saturated heterocycles. The molecule has 2 aromatic rings. The van der Waals surface area contributed by atoms with Crippen LogP contribution in [0, 0.1) is 0 Å². The molecule has 1 heterocycles. The number of aromatic nitrogens is 1. The van der Waals surface area contributed by atoms with Gasteiger partial charge in [-0.3, -0.25) is 5.43 Å². The van der Waals surface area contributed by atoms with Crippen molar-refractivity contribution in [2.45, 2.75) is 26.3 Å². The van der Waals surface area contributed by atoms with E-state index in [1.54, 1.807) is 11.6 Å². The van der Waals surface area contributed by atoms with Crippen molar-refractivity contribution < 1.29 is 0 Å². The van der Waals surface area contributed by atoms with Gasteiger partial charge in [0, 0.05) is 11.9 Å². The molecule has 5 nitrogen and oxygen atoms in total. The molecule has 0 aliphatic carbocycles. The molecular formula is C16H23N5S. The number of thiazole rings is 1. The Morgan fingerprint density at radius 1 is 1.45 bits per heavy atom. The molecule has 1 aromatic heterocycles. The second-order valence-corrected chi connectivity index (χ2v) is 6.14. The van der Waals surface area contributed by atoms with E-state index in [9.17, 15) is 0 Å². The van der Waals surface area contributed by atoms with E-state index >= 15 is 0 Å². The zero-order valence-electron chi connectivity index (χ0n) is 13.1. The summed E-state index contributed by atoms with van der Waals surface area (Å²) in [5.41, 5.74) is 10.8. The van der Waals surface area contributed by atoms with Crippen molar-refractivity contribution in [3.63, 3.8) is 0 Å². The molecule has 0 fully saturated rings. The lowest BCUT2D eigenvalue weighted by Crippen LogP contribution is -2.18. The van der Waals surface area contributed by atoms with Gasteiger partial charge in [0.1, 0.15) is 5.82 Å². The number of hydrogen-bond acceptors (Lipinski definition) is 6. The van der Waals surface area contributed by atoms with Gasteiger partial charge in [0.2, 0.25) is 5.13 Å². The van der Waals surface area contributed by atoms with Crippen LogP contribution >= 0.6 is 11.3 Å². The zero-order valence-corrected chi connectivity index (χ0v) is 13.9. The Balaban J connectivity index is 1.90. The average molecular weight is 317 g/mol. The van der Waals surface area contributed by atoms with Crippen molar-refractivity contribution in [2.24, 2.45) is 5.10 Å². The highest BCUT2D eigenvalue weighted by Gasteiger charge is 2.00. The van der Waals surface area contributed by atoms with Gasteiger partial charge in [-0.15, -0.1) is 11.3 Å². The number of anilines is 2. The van der Waals surface area contributed by atoms with Crippen molar-refractivity contribution in [3.05, 3.63) is 40.8 Å². The smallest absolute Gasteiger partial charge is 0.205 e. The lowest BCUT2D eigenvalue weighted by molar-refractivity contribution is 0.321. The molecule has 0 atom stereocenters. The normalized spacial score (nSPS) is 11.4. The molecule has 0 radical (unpaired) electrons. The first kappa shape index (κ1) is 16.5. The molecule has 0 amide bonds. The molecule has 0 aliphatic heterocycles. The minimum absolute atomic E-state index is 0.514. The van der Waals surface area contributed by atoms with Crippen LogP contribution in [0.4, 0.5) is 10.9 Å². The number of benzene rings is 1. The second-order valence-electron chi connectivity index (χ2n) is 5.28. The van der Waals surface area contributed by atoms with E-state index in [-0.39, 0.29) is 0 Å². The van der Waals surface area contributed by atoms with E-state index in [0.717, 1.165) is 18.7 Å². The SMILES string of the molecule is CCCCN(C)Cc1cccc(C=NNc2nc(N)cs2)c1. The minimum atomic E-state index is 0.514. The van der Waals surface area contributed by atoms with Crippen molar-refractivity contribution >= 4 is 28.5 Å². The minimum Gasteiger partial charge on any atom is -0.383 e. The van der Waals surface area contributed by atoms with E-state index in [1.807, 2.05) is 6.07 Å². The Bertz CT molecular complexity index is 608. The predicted molar refractivity (Wildman–Crippen MR) is 95.4 cm³/mol. The molecule has 3 N–H and O–H groups in total. The van der Waals surface area contributed by atoms with Gasteiger partial charge < -0.3 is 10.6 Å². The number of rotatable bonds is 8. The third kappa shape index (κ3) is 5.46. The highest BCUT2D eigenvalue weighted by molar-refractivity contribution is 7.14. The summed E-state index contributed by atoms with van der Waals surface area (Å²) in [7, 11) is 2.16. The van der Waals surface area contributed by atoms with Crippen molar-refractivity contribution in [2.75, 3.05) is 24.8 Å². The molecular weight excluding hydrogens is 294 g/mol. The lowest BCUT2D eigenvalue weighted by atomic mass is 10.1. The van der Waals surface area contributed by atoms with Gasteiger partial charge in [-0.1, -0.05) is 31.5 Å². The Labute approximate surface area is 135 Å². The highest BCUT2D eigenvalue weighted by atomic mass is 32.1. The van der Waals surface area contributed by atoms with Gasteiger partial charge in [-0.05, 0) is 37.2 Å². The summed E-state index contributed by atoms with van der Waals surface area (Å²) in [6, 6.07) is 8.40. The van der Waals surface area contributed by atoms with Crippen LogP contribution in [0.25, 0.3) is 0 Å². The molecule has 0 spiro atoms. The number of nitrogen functional groups attached to an aromatic ring is 1. The van der Waals surface area contributed by atoms with Crippen LogP contribution in [-0.2, 0) is 6.54 Å². The van der Waals surface area contributed by atoms with Gasteiger partial charge in [-0.2, -0.15) is 5.10 Å². The topological polar surface area (TPSA) is 66.5 Å². The monoisotopic (exact) mass is 317 g/mol. The average Bonchev–Trinajstić information content (AvgIpc) is 2.91. The fourth-order valence-corrected chi connectivity index (χ4v) is 2.64. The number of nitrogens with zero attached hydrogens (tertiary/aromatic N) is 3. The Morgan fingerprint density at radius 3 is 3.05 bits per heavy atom. The lowest BCUT2D eigenvalue weighted by Gasteiger charge is -2.16. The molecule has 0 saturated carbocycles. The molecule has 6 heteroatoms. The molecule has 22 heavy (non-hydrogen) atoms. The second kappa shape index (κ2) is 8.51. The number of nitrogens with two attached hydrogens (primary N) is 1. The summed E-state index contributed by atoms with van der Waals surface area (Å²) < 4.78 is 0. The summed E-state index contributed by atoms with van der Waals surface area (Å²) in [6.45, 7) is 4.30. The van der Waals surface area contributed by atoms with E-state index in [1.165, 1.54) is 29.7 Å². The Hall–Kier alpha value is -1.92. The van der Waals surface area contributed by atoms with Gasteiger partial charge in [-0.25, -0.2) is 4.98 Å². The third-order valence-electron chi connectivity index (χ3n) is 3.19. The number of hydrazone groups is 1. The number of hydrogen-bond donors (Lipinski definition) is 2. The summed E-state index contributed by atoms with van der Waals surface area (Å²) >= 11 is 1.44. The fraction of sp³-hybridized carbons (Fsp3) is 0.375. The number of nitrogens with one attached hydrogen (secondary N) is 1. The molecule has 0 aliphatic rings. The maximum atomic E-state index is 5.57. The first-order valence-corrected chi connectivity index (χ1v) is 8.33. The van der Waals surface area contributed by atoms with Gasteiger partial charge in [0.15, 0.2) is 0 Å². The summed E-state index contributed by atoms with van der Waals surface area (Å²) in [5.74, 6) is 0.514. The summed E-state index contributed by atoms with van der Waals surface area (Å²) in [5, 5.41) is 6.68. The van der Waals surface area contributed by atoms with Crippen LogP contribution in [0.5, 0.6) is 0 Å². The molecule has 0 bridgehead atoms. The van der Waals surface area contributed by atoms with Gasteiger partial charge in [0.25, 0.3) is 0 Å². The zero-order chi connectivity index (χ0) is 15.8. The first-order chi connectivity index (χ1) is 10.7. The van der Waals surface area contributed by atoms with Crippen molar-refractivity contribution in [1.29, 1.82) is 0 Å². The largest absolute Gasteiger partial charge is 0.383 e. The van der Waals surface area contributed by atoms with Crippen molar-refractivity contribution in [3.8, 4) is 0 Å². The standard InChI is InChI=1S/C16H23N5S/c1-3-4-8-21(2)11-14-7-5-6-13(9-14)10-18-20-16-19-15(17)12-22-16/h5-7,9-10,12H,3-4,8,11,17H2,1-2H3,(H,19,20). The first-order valence-electron chi connectivity index (χ1n) is 7.45. The number of unbranched alkanes of at least 4 members (excludes halogenated alkanes) is 1. The fourth-order valence-electron chi connectivity index (χ4n) is 2.09. The van der Waals surface area contributed by atoms with Crippen LogP contribution in [0.15, 0.2) is 34.7 Å². The van der Waals surface area contributed by atoms with Gasteiger partial charge >= 0.3 is 0 Å². The van der Waals surface area contributed by atoms with Crippen LogP contribution in [0.2, 0.25) is 0 Å². The van der Waals surface area contributed by atoms with Crippen molar-refractivity contribution in [1.82, 2.24) is 9.88 Å². The Kier molecular flexibility index (Phi) is 6.36. The molecule has 2 rings (SSSR count). The van der Waals surface area contributed by atoms with E-state index in [0.29, 0.717) is 10.9 Å². The van der Waals surface area contributed by atoms with Gasteiger partial charge in [0.05, 0.1) is 6.21 Å². The predicted octanol–water partition coefficient (Wildman–Crippen LogP) is 3.40. The van der Waals surface area contributed by atoms with E-state index < -0.39 is 0 Å². The van der Waals surface area contributed by atoms with Crippen LogP contribution in [0.3, 0.4) is 0 Å².